The number of halogens is 4. The highest BCUT2D eigenvalue weighted by molar-refractivity contribution is 6.57. The number of anilines is 2. The third kappa shape index (κ3) is 3.80. The van der Waals surface area contributed by atoms with E-state index < -0.39 is 0 Å². The van der Waals surface area contributed by atoms with Crippen molar-refractivity contribution in [1.29, 1.82) is 0 Å². The van der Waals surface area contributed by atoms with E-state index in [2.05, 4.69) is 5.32 Å². The number of para-hydroxylation sites is 2. The Bertz CT molecular complexity index is 598. The summed E-state index contributed by atoms with van der Waals surface area (Å²) < 4.78 is 0.180. The zero-order chi connectivity index (χ0) is 13.8. The largest absolute Gasteiger partial charge is 0.353 e. The van der Waals surface area contributed by atoms with Gasteiger partial charge in [0.1, 0.15) is 4.49 Å². The van der Waals surface area contributed by atoms with Crippen molar-refractivity contribution >= 4 is 63.9 Å². The van der Waals surface area contributed by atoms with E-state index in [9.17, 15) is 0 Å². The number of nitrogens with one attached hydrogen (secondary N) is 1. The van der Waals surface area contributed by atoms with E-state index >= 15 is 0 Å². The minimum atomic E-state index is 0.180. The molecule has 0 bridgehead atoms. The monoisotopic (exact) mass is 331 g/mol. The van der Waals surface area contributed by atoms with Crippen molar-refractivity contribution in [3.8, 4) is 0 Å². The van der Waals surface area contributed by atoms with E-state index in [1.807, 2.05) is 24.3 Å². The summed E-state index contributed by atoms with van der Waals surface area (Å²) in [6.45, 7) is 0. The predicted molar refractivity (Wildman–Crippen MR) is 85.9 cm³/mol. The van der Waals surface area contributed by atoms with Gasteiger partial charge in [-0.2, -0.15) is 0 Å². The quantitative estimate of drug-likeness (QED) is 0.675. The highest BCUT2D eigenvalue weighted by Gasteiger charge is 2.07. The molecule has 0 amide bonds. The first-order valence-corrected chi connectivity index (χ1v) is 6.92. The summed E-state index contributed by atoms with van der Waals surface area (Å²) in [5.41, 5.74) is 2.31. The van der Waals surface area contributed by atoms with Crippen LogP contribution in [-0.2, 0) is 0 Å². The van der Waals surface area contributed by atoms with Gasteiger partial charge in [0.05, 0.1) is 15.7 Å². The van der Waals surface area contributed by atoms with E-state index in [1.165, 1.54) is 0 Å². The van der Waals surface area contributed by atoms with Crippen LogP contribution in [0.2, 0.25) is 10.0 Å². The lowest BCUT2D eigenvalue weighted by atomic mass is 10.1. The van der Waals surface area contributed by atoms with Crippen LogP contribution in [0.15, 0.2) is 47.0 Å². The second-order valence-corrected chi connectivity index (χ2v) is 5.57. The first kappa shape index (κ1) is 14.5. The number of rotatable bonds is 3. The molecule has 0 fully saturated rings. The molecule has 0 aliphatic rings. The Morgan fingerprint density at radius 3 is 2.16 bits per heavy atom. The first-order valence-electron chi connectivity index (χ1n) is 5.40. The molecule has 19 heavy (non-hydrogen) atoms. The van der Waals surface area contributed by atoms with Crippen molar-refractivity contribution in [3.05, 3.63) is 62.6 Å². The molecule has 2 aromatic rings. The van der Waals surface area contributed by atoms with Crippen molar-refractivity contribution in [2.75, 3.05) is 5.32 Å². The molecule has 0 saturated carbocycles. The van der Waals surface area contributed by atoms with E-state index in [-0.39, 0.29) is 4.49 Å². The van der Waals surface area contributed by atoms with Gasteiger partial charge in [-0.1, -0.05) is 70.7 Å². The molecule has 0 spiro atoms. The summed E-state index contributed by atoms with van der Waals surface area (Å²) >= 11 is 23.6. The Morgan fingerprint density at radius 1 is 0.895 bits per heavy atom. The van der Waals surface area contributed by atoms with Crippen LogP contribution in [0.25, 0.3) is 6.08 Å². The maximum absolute atomic E-state index is 6.12. The molecular weight excluding hydrogens is 324 g/mol. The van der Waals surface area contributed by atoms with Gasteiger partial charge >= 0.3 is 0 Å². The molecule has 1 nitrogen and oxygen atoms in total. The van der Waals surface area contributed by atoms with Crippen LogP contribution in [0, 0.1) is 0 Å². The zero-order valence-corrected chi connectivity index (χ0v) is 12.7. The molecule has 1 N–H and O–H groups in total. The maximum atomic E-state index is 6.12. The zero-order valence-electron chi connectivity index (χ0n) is 9.63. The van der Waals surface area contributed by atoms with Crippen LogP contribution in [0.5, 0.6) is 0 Å². The van der Waals surface area contributed by atoms with Crippen LogP contribution in [-0.4, -0.2) is 0 Å². The fraction of sp³-hybridized carbons (Fsp3) is 0. The van der Waals surface area contributed by atoms with Crippen LogP contribution < -0.4 is 5.32 Å². The van der Waals surface area contributed by atoms with Gasteiger partial charge in [0.25, 0.3) is 0 Å². The molecule has 5 heteroatoms. The molecule has 98 valence electrons. The van der Waals surface area contributed by atoms with E-state index in [4.69, 9.17) is 46.4 Å². The second-order valence-electron chi connectivity index (χ2n) is 3.74. The Hall–Kier alpha value is -0.860. The SMILES string of the molecule is ClC(Cl)=Cc1ccccc1Nc1c(Cl)cccc1Cl. The van der Waals surface area contributed by atoms with Gasteiger partial charge in [0.15, 0.2) is 0 Å². The molecule has 0 aliphatic carbocycles. The van der Waals surface area contributed by atoms with Crippen LogP contribution >= 0.6 is 46.4 Å². The average Bonchev–Trinajstić information content (AvgIpc) is 2.35. The topological polar surface area (TPSA) is 12.0 Å². The summed E-state index contributed by atoms with van der Waals surface area (Å²) in [6.07, 6.45) is 1.65. The minimum absolute atomic E-state index is 0.180. The maximum Gasteiger partial charge on any atom is 0.107 e. The summed E-state index contributed by atoms with van der Waals surface area (Å²) in [7, 11) is 0. The molecule has 0 radical (unpaired) electrons. The summed E-state index contributed by atoms with van der Waals surface area (Å²) in [6, 6.07) is 12.9. The van der Waals surface area contributed by atoms with E-state index in [1.54, 1.807) is 24.3 Å². The Balaban J connectivity index is 2.42. The molecule has 0 atom stereocenters. The van der Waals surface area contributed by atoms with Gasteiger partial charge in [-0.3, -0.25) is 0 Å². The van der Waals surface area contributed by atoms with Crippen molar-refractivity contribution in [3.63, 3.8) is 0 Å². The fourth-order valence-electron chi connectivity index (χ4n) is 1.61. The predicted octanol–water partition coefficient (Wildman–Crippen LogP) is 6.51. The first-order chi connectivity index (χ1) is 9.08. The lowest BCUT2D eigenvalue weighted by Crippen LogP contribution is -1.94. The average molecular weight is 333 g/mol. The van der Waals surface area contributed by atoms with Gasteiger partial charge in [-0.25, -0.2) is 0 Å². The molecule has 2 aromatic carbocycles. The lowest BCUT2D eigenvalue weighted by Gasteiger charge is -2.12. The summed E-state index contributed by atoms with van der Waals surface area (Å²) in [4.78, 5) is 0. The fourth-order valence-corrected chi connectivity index (χ4v) is 2.33. The van der Waals surface area contributed by atoms with Gasteiger partial charge in [0, 0.05) is 11.3 Å². The Morgan fingerprint density at radius 2 is 1.53 bits per heavy atom. The lowest BCUT2D eigenvalue weighted by molar-refractivity contribution is 1.53. The van der Waals surface area contributed by atoms with Crippen LogP contribution in [0.3, 0.4) is 0 Å². The van der Waals surface area contributed by atoms with Crippen molar-refractivity contribution in [1.82, 2.24) is 0 Å². The third-order valence-corrected chi connectivity index (χ3v) is 3.30. The van der Waals surface area contributed by atoms with Gasteiger partial charge < -0.3 is 5.32 Å². The van der Waals surface area contributed by atoms with Gasteiger partial charge in [0.2, 0.25) is 0 Å². The third-order valence-electron chi connectivity index (χ3n) is 2.45. The van der Waals surface area contributed by atoms with Gasteiger partial charge in [-0.05, 0) is 24.3 Å². The minimum Gasteiger partial charge on any atom is -0.353 e. The Kier molecular flexibility index (Phi) is 5.00. The van der Waals surface area contributed by atoms with Crippen molar-refractivity contribution in [2.45, 2.75) is 0 Å². The second kappa shape index (κ2) is 6.53. The Labute approximate surface area is 131 Å². The number of hydrogen-bond donors (Lipinski definition) is 1. The van der Waals surface area contributed by atoms with Crippen LogP contribution in [0.4, 0.5) is 11.4 Å². The molecule has 0 aromatic heterocycles. The highest BCUT2D eigenvalue weighted by atomic mass is 35.5. The van der Waals surface area contributed by atoms with Gasteiger partial charge in [-0.15, -0.1) is 0 Å². The van der Waals surface area contributed by atoms with E-state index in [0.717, 1.165) is 11.3 Å². The van der Waals surface area contributed by atoms with E-state index in [0.29, 0.717) is 15.7 Å². The molecule has 0 aliphatic heterocycles. The molecular formula is C14H9Cl4N. The number of hydrogen-bond acceptors (Lipinski definition) is 1. The van der Waals surface area contributed by atoms with Crippen molar-refractivity contribution in [2.24, 2.45) is 0 Å². The normalized spacial score (nSPS) is 10.1. The molecule has 0 heterocycles. The standard InChI is InChI=1S/C14H9Cl4N/c15-10-5-3-6-11(16)14(10)19-12-7-2-1-4-9(12)8-13(17)18/h1-8,19H. The highest BCUT2D eigenvalue weighted by Crippen LogP contribution is 2.34. The van der Waals surface area contributed by atoms with Crippen molar-refractivity contribution < 1.29 is 0 Å². The smallest absolute Gasteiger partial charge is 0.107 e. The number of benzene rings is 2. The van der Waals surface area contributed by atoms with Crippen LogP contribution in [0.1, 0.15) is 5.56 Å². The summed E-state index contributed by atoms with van der Waals surface area (Å²) in [5.74, 6) is 0. The molecule has 0 saturated heterocycles. The molecule has 2 rings (SSSR count). The summed E-state index contributed by atoms with van der Waals surface area (Å²) in [5, 5.41) is 4.28. The molecule has 0 unspecified atom stereocenters.